The van der Waals surface area contributed by atoms with Gasteiger partial charge in [0, 0.05) is 71.2 Å². The molecule has 510 valence electrons. The molecule has 0 radical (unpaired) electrons. The predicted molar refractivity (Wildman–Crippen MR) is 369 cm³/mol. The summed E-state index contributed by atoms with van der Waals surface area (Å²) in [6, 6.07) is 59.6. The fourth-order valence-corrected chi connectivity index (χ4v) is 13.9. The molecule has 3 aliphatic rings. The molecule has 3 saturated heterocycles. The van der Waals surface area contributed by atoms with E-state index >= 15 is 0 Å². The standard InChI is InChI=1S/2C27H28FNO4.C26H26FNO4/c2*1-33-22-14-15-23(25(31)17-22)27-19(16-26(32)29(27)21-7-3-2-4-8-21)6-5-9-24(30)18-10-12-20(28)13-11-18;27-19-11-9-17(10-12-19)23(30)8-4-5-18-15-25(32)28(20-6-2-1-3-7-20)26(18)22-14-13-21(29)16-24(22)31/h2*2-4,7-8,10-15,17,19,24,27,30-31H,5-6,9,16H2,1H3;1-3,6-7,9-14,16,18,23,26,29-31H,4-5,8,15H2/t19-,24+,27+;19-,24-,27-;18-,23+,26+/m101/s1. The maximum Gasteiger partial charge on any atom is 0.227 e. The molecule has 9 atom stereocenters. The molecule has 7 N–H and O–H groups in total. The van der Waals surface area contributed by atoms with Crippen molar-refractivity contribution >= 4 is 34.8 Å². The van der Waals surface area contributed by atoms with Gasteiger partial charge >= 0.3 is 0 Å². The molecule has 0 spiro atoms. The highest BCUT2D eigenvalue weighted by Crippen LogP contribution is 2.50. The molecule has 9 aromatic carbocycles. The van der Waals surface area contributed by atoms with Crippen LogP contribution in [0.2, 0.25) is 0 Å². The zero-order valence-electron chi connectivity index (χ0n) is 54.6. The molecule has 3 fully saturated rings. The van der Waals surface area contributed by atoms with Crippen LogP contribution in [0.25, 0.3) is 0 Å². The Labute approximate surface area is 568 Å². The second-order valence-electron chi connectivity index (χ2n) is 25.1. The van der Waals surface area contributed by atoms with Gasteiger partial charge in [-0.3, -0.25) is 14.4 Å². The average molecular weight is 1330 g/mol. The quantitative estimate of drug-likeness (QED) is 0.0318. The maximum atomic E-state index is 13.2. The molecular weight excluding hydrogens is 1250 g/mol. The second-order valence-corrected chi connectivity index (χ2v) is 25.1. The van der Waals surface area contributed by atoms with Crippen LogP contribution in [0.15, 0.2) is 218 Å². The number of carbonyl (C=O) groups is 3. The number of phenolic OH excluding ortho intramolecular Hbond substituents is 4. The van der Waals surface area contributed by atoms with Gasteiger partial charge in [0.1, 0.15) is 51.9 Å². The van der Waals surface area contributed by atoms with Crippen LogP contribution < -0.4 is 24.2 Å². The fourth-order valence-electron chi connectivity index (χ4n) is 13.9. The number of methoxy groups -OCH3 is 2. The van der Waals surface area contributed by atoms with E-state index < -0.39 is 18.3 Å². The number of anilines is 3. The van der Waals surface area contributed by atoms with Crippen LogP contribution in [0.5, 0.6) is 34.5 Å². The number of para-hydroxylation sites is 3. The number of carbonyl (C=O) groups excluding carboxylic acids is 3. The Hall–Kier alpha value is -10.1. The molecule has 12 rings (SSSR count). The zero-order valence-corrected chi connectivity index (χ0v) is 54.6. The summed E-state index contributed by atoms with van der Waals surface area (Å²) in [6.45, 7) is 0. The normalized spacial score (nSPS) is 19.1. The van der Waals surface area contributed by atoms with Gasteiger partial charge in [0.15, 0.2) is 0 Å². The molecule has 0 aromatic heterocycles. The summed E-state index contributed by atoms with van der Waals surface area (Å²) in [5.74, 6) is 0.0132. The Morgan fingerprint density at radius 1 is 0.378 bits per heavy atom. The Morgan fingerprint density at radius 2 is 0.653 bits per heavy atom. The lowest BCUT2D eigenvalue weighted by molar-refractivity contribution is -0.118. The van der Waals surface area contributed by atoms with Crippen molar-refractivity contribution < 1.29 is 72.8 Å². The monoisotopic (exact) mass is 1330 g/mol. The molecule has 0 aliphatic carbocycles. The highest BCUT2D eigenvalue weighted by Gasteiger charge is 2.45. The van der Waals surface area contributed by atoms with E-state index in [1.807, 2.05) is 103 Å². The van der Waals surface area contributed by atoms with E-state index in [-0.39, 0.29) is 94.1 Å². The second kappa shape index (κ2) is 33.2. The summed E-state index contributed by atoms with van der Waals surface area (Å²) in [5.41, 5.74) is 6.28. The summed E-state index contributed by atoms with van der Waals surface area (Å²) >= 11 is 0. The van der Waals surface area contributed by atoms with Gasteiger partial charge in [0.25, 0.3) is 0 Å². The largest absolute Gasteiger partial charge is 0.508 e. The lowest BCUT2D eigenvalue weighted by Crippen LogP contribution is -2.28. The number of halogens is 3. The van der Waals surface area contributed by atoms with E-state index in [1.54, 1.807) is 95.6 Å². The Kier molecular flexibility index (Phi) is 23.9. The van der Waals surface area contributed by atoms with Crippen LogP contribution in [0, 0.1) is 35.2 Å². The van der Waals surface area contributed by atoms with E-state index in [0.29, 0.717) is 122 Å². The number of ether oxygens (including phenoxy) is 2. The predicted octanol–water partition coefficient (Wildman–Crippen LogP) is 16.3. The number of nitrogens with zero attached hydrogens (tertiary/aromatic N) is 3. The van der Waals surface area contributed by atoms with E-state index in [2.05, 4.69) is 0 Å². The fraction of sp³-hybridized carbons (Fsp3) is 0.287. The zero-order chi connectivity index (χ0) is 69.4. The summed E-state index contributed by atoms with van der Waals surface area (Å²) in [7, 11) is 3.08. The lowest BCUT2D eigenvalue weighted by atomic mass is 9.88. The Morgan fingerprint density at radius 3 is 0.918 bits per heavy atom. The Balaban J connectivity index is 0.000000159. The summed E-state index contributed by atoms with van der Waals surface area (Å²) < 4.78 is 49.9. The first kappa shape index (κ1) is 70.7. The first-order valence-electron chi connectivity index (χ1n) is 33.1. The van der Waals surface area contributed by atoms with Crippen LogP contribution in [0.3, 0.4) is 0 Å². The molecule has 0 saturated carbocycles. The van der Waals surface area contributed by atoms with Crippen molar-refractivity contribution in [3.63, 3.8) is 0 Å². The number of benzene rings is 9. The van der Waals surface area contributed by atoms with Crippen molar-refractivity contribution in [3.05, 3.63) is 269 Å². The van der Waals surface area contributed by atoms with Gasteiger partial charge < -0.3 is 59.9 Å². The number of aromatic hydroxyl groups is 4. The van der Waals surface area contributed by atoms with Gasteiger partial charge in [-0.25, -0.2) is 13.2 Å². The van der Waals surface area contributed by atoms with Crippen LogP contribution in [-0.4, -0.2) is 67.7 Å². The van der Waals surface area contributed by atoms with Gasteiger partial charge in [-0.2, -0.15) is 0 Å². The molecule has 18 heteroatoms. The van der Waals surface area contributed by atoms with Gasteiger partial charge in [0.05, 0.1) is 50.7 Å². The van der Waals surface area contributed by atoms with Gasteiger partial charge in [-0.1, -0.05) is 110 Å². The smallest absolute Gasteiger partial charge is 0.227 e. The van der Waals surface area contributed by atoms with Crippen LogP contribution in [-0.2, 0) is 14.4 Å². The molecule has 0 bridgehead atoms. The van der Waals surface area contributed by atoms with Crippen molar-refractivity contribution in [1.82, 2.24) is 0 Å². The Bertz CT molecular complexity index is 3900. The van der Waals surface area contributed by atoms with Gasteiger partial charge in [-0.15, -0.1) is 0 Å². The molecule has 0 unspecified atom stereocenters. The summed E-state index contributed by atoms with van der Waals surface area (Å²) in [6.07, 6.45) is 4.53. The topological polar surface area (TPSA) is 221 Å². The van der Waals surface area contributed by atoms with Crippen molar-refractivity contribution in [2.75, 3.05) is 28.9 Å². The number of aliphatic hydroxyl groups is 3. The minimum atomic E-state index is -0.710. The van der Waals surface area contributed by atoms with Crippen molar-refractivity contribution in [3.8, 4) is 34.5 Å². The van der Waals surface area contributed by atoms with Crippen LogP contribution in [0.1, 0.15) is 147 Å². The number of phenols is 4. The molecule has 9 aromatic rings. The van der Waals surface area contributed by atoms with E-state index in [0.717, 1.165) is 17.1 Å². The minimum Gasteiger partial charge on any atom is -0.508 e. The highest BCUT2D eigenvalue weighted by molar-refractivity contribution is 5.98. The van der Waals surface area contributed by atoms with Crippen LogP contribution >= 0.6 is 0 Å². The number of hydrogen-bond acceptors (Lipinski definition) is 12. The van der Waals surface area contributed by atoms with Crippen molar-refractivity contribution in [2.24, 2.45) is 17.8 Å². The van der Waals surface area contributed by atoms with Crippen molar-refractivity contribution in [1.29, 1.82) is 0 Å². The lowest BCUT2D eigenvalue weighted by Gasteiger charge is -2.29. The third-order valence-corrected chi connectivity index (χ3v) is 18.8. The number of hydrogen-bond donors (Lipinski definition) is 7. The van der Waals surface area contributed by atoms with E-state index in [4.69, 9.17) is 9.47 Å². The molecule has 3 amide bonds. The van der Waals surface area contributed by atoms with Gasteiger partial charge in [-0.05, 0) is 182 Å². The number of aliphatic hydroxyl groups excluding tert-OH is 3. The summed E-state index contributed by atoms with van der Waals surface area (Å²) in [5, 5.41) is 73.2. The average Bonchev–Trinajstić information content (AvgIpc) is 1.60. The van der Waals surface area contributed by atoms with Gasteiger partial charge in [0.2, 0.25) is 17.7 Å². The van der Waals surface area contributed by atoms with Crippen LogP contribution in [0.4, 0.5) is 30.2 Å². The van der Waals surface area contributed by atoms with Crippen molar-refractivity contribution in [2.45, 2.75) is 113 Å². The SMILES string of the molecule is COc1ccc([C@@H]2[C@@H](CCC[C@H](O)c3ccc(F)cc3)CC(=O)N2c2ccccc2)c(O)c1.COc1ccc([C@@H]2[C@H](CCC[C@H](O)c3ccc(F)cc3)CC(=O)N2c2ccccc2)c(O)c1.O=C1C[C@@H](CCC[C@H](O)c2ccc(F)cc2)[C@@H](c2ccc(O)cc2O)N1c1ccccc1. The third-order valence-electron chi connectivity index (χ3n) is 18.8. The molecule has 3 heterocycles. The highest BCUT2D eigenvalue weighted by atomic mass is 19.1. The molecule has 98 heavy (non-hydrogen) atoms. The van der Waals surface area contributed by atoms with E-state index in [9.17, 15) is 63.3 Å². The molecule has 3 aliphatic heterocycles. The minimum absolute atomic E-state index is 0.00509. The third kappa shape index (κ3) is 17.3. The molecular formula is C80H82F3N3O12. The number of amides is 3. The summed E-state index contributed by atoms with van der Waals surface area (Å²) in [4.78, 5) is 44.4. The molecule has 15 nitrogen and oxygen atoms in total. The first-order valence-corrected chi connectivity index (χ1v) is 33.1. The maximum absolute atomic E-state index is 13.2. The number of rotatable bonds is 23. The first-order chi connectivity index (χ1) is 47.4. The van der Waals surface area contributed by atoms with E-state index in [1.165, 1.54) is 48.5 Å².